The van der Waals surface area contributed by atoms with Crippen LogP contribution >= 0.6 is 11.6 Å². The van der Waals surface area contributed by atoms with E-state index in [0.29, 0.717) is 18.0 Å². The van der Waals surface area contributed by atoms with Crippen LogP contribution in [0.15, 0.2) is 36.5 Å². The first-order valence-electron chi connectivity index (χ1n) is 6.58. The highest BCUT2D eigenvalue weighted by atomic mass is 35.5. The van der Waals surface area contributed by atoms with Gasteiger partial charge < -0.3 is 5.32 Å². The maximum atomic E-state index is 11.9. The van der Waals surface area contributed by atoms with Gasteiger partial charge in [0.2, 0.25) is 5.91 Å². The molecule has 1 aromatic carbocycles. The topological polar surface area (TPSA) is 46.9 Å². The van der Waals surface area contributed by atoms with Crippen LogP contribution in [0, 0.1) is 6.92 Å². The van der Waals surface area contributed by atoms with Gasteiger partial charge in [-0.15, -0.1) is 0 Å². The fraction of sp³-hybridized carbons (Fsp3) is 0.333. The van der Waals surface area contributed by atoms with Gasteiger partial charge in [-0.1, -0.05) is 29.8 Å². The Morgan fingerprint density at radius 3 is 2.80 bits per heavy atom. The van der Waals surface area contributed by atoms with Crippen molar-refractivity contribution in [2.45, 2.75) is 32.9 Å². The molecule has 0 aliphatic carbocycles. The van der Waals surface area contributed by atoms with E-state index in [2.05, 4.69) is 10.4 Å². The van der Waals surface area contributed by atoms with Crippen molar-refractivity contribution in [3.8, 4) is 0 Å². The number of carbonyl (C=O) groups is 1. The molecule has 1 atom stereocenters. The van der Waals surface area contributed by atoms with E-state index < -0.39 is 0 Å². The van der Waals surface area contributed by atoms with E-state index in [-0.39, 0.29) is 11.9 Å². The molecular weight excluding hydrogens is 274 g/mol. The molecule has 0 radical (unpaired) electrons. The quantitative estimate of drug-likeness (QED) is 0.920. The molecule has 5 heteroatoms. The Hall–Kier alpha value is -1.81. The monoisotopic (exact) mass is 291 g/mol. The fourth-order valence-corrected chi connectivity index (χ4v) is 2.15. The van der Waals surface area contributed by atoms with Crippen molar-refractivity contribution in [2.24, 2.45) is 0 Å². The zero-order chi connectivity index (χ0) is 14.5. The van der Waals surface area contributed by atoms with Gasteiger partial charge in [0.15, 0.2) is 0 Å². The fourth-order valence-electron chi connectivity index (χ4n) is 1.95. The van der Waals surface area contributed by atoms with Crippen LogP contribution < -0.4 is 5.32 Å². The highest BCUT2D eigenvalue weighted by molar-refractivity contribution is 6.31. The molecule has 106 valence electrons. The van der Waals surface area contributed by atoms with E-state index in [1.807, 2.05) is 55.1 Å². The molecule has 4 nitrogen and oxygen atoms in total. The highest BCUT2D eigenvalue weighted by Crippen LogP contribution is 2.15. The van der Waals surface area contributed by atoms with Gasteiger partial charge >= 0.3 is 0 Å². The Morgan fingerprint density at radius 1 is 1.40 bits per heavy atom. The molecule has 0 fully saturated rings. The minimum atomic E-state index is -0.00873. The summed E-state index contributed by atoms with van der Waals surface area (Å²) >= 11 is 6.05. The van der Waals surface area contributed by atoms with Crippen molar-refractivity contribution in [3.05, 3.63) is 52.8 Å². The van der Waals surface area contributed by atoms with E-state index in [1.165, 1.54) is 0 Å². The van der Waals surface area contributed by atoms with Crippen molar-refractivity contribution in [3.63, 3.8) is 0 Å². The van der Waals surface area contributed by atoms with Gasteiger partial charge in [0.1, 0.15) is 0 Å². The molecule has 0 spiro atoms. The van der Waals surface area contributed by atoms with Crippen molar-refractivity contribution < 1.29 is 4.79 Å². The lowest BCUT2D eigenvalue weighted by Crippen LogP contribution is -2.25. The van der Waals surface area contributed by atoms with Gasteiger partial charge in [0, 0.05) is 24.2 Å². The number of hydrogen-bond donors (Lipinski definition) is 1. The van der Waals surface area contributed by atoms with Crippen LogP contribution in [0.2, 0.25) is 5.02 Å². The van der Waals surface area contributed by atoms with Crippen molar-refractivity contribution in [2.75, 3.05) is 0 Å². The average molecular weight is 292 g/mol. The molecule has 0 unspecified atom stereocenters. The molecule has 1 amide bonds. The summed E-state index contributed by atoms with van der Waals surface area (Å²) in [5.74, 6) is -0.00873. The molecule has 0 saturated carbocycles. The number of carbonyl (C=O) groups excluding carboxylic acids is 1. The third-order valence-corrected chi connectivity index (χ3v) is 3.48. The molecular formula is C15H18ClN3O. The maximum absolute atomic E-state index is 11.9. The summed E-state index contributed by atoms with van der Waals surface area (Å²) < 4.78 is 1.81. The normalized spacial score (nSPS) is 12.2. The molecule has 1 aromatic heterocycles. The van der Waals surface area contributed by atoms with Crippen molar-refractivity contribution in [1.82, 2.24) is 15.1 Å². The van der Waals surface area contributed by atoms with E-state index in [1.54, 1.807) is 0 Å². The summed E-state index contributed by atoms with van der Waals surface area (Å²) in [6.07, 6.45) is 2.28. The molecule has 2 rings (SSSR count). The summed E-state index contributed by atoms with van der Waals surface area (Å²) in [4.78, 5) is 11.9. The van der Waals surface area contributed by atoms with Gasteiger partial charge in [-0.25, -0.2) is 0 Å². The number of hydrogen-bond acceptors (Lipinski definition) is 2. The van der Waals surface area contributed by atoms with Gasteiger partial charge in [0.05, 0.1) is 11.7 Å². The van der Waals surface area contributed by atoms with Crippen LogP contribution in [0.4, 0.5) is 0 Å². The molecule has 20 heavy (non-hydrogen) atoms. The first-order valence-corrected chi connectivity index (χ1v) is 6.96. The molecule has 0 aliphatic rings. The first kappa shape index (κ1) is 14.6. The predicted molar refractivity (Wildman–Crippen MR) is 79.6 cm³/mol. The van der Waals surface area contributed by atoms with Gasteiger partial charge in [-0.3, -0.25) is 9.48 Å². The number of benzene rings is 1. The molecule has 1 heterocycles. The Bertz CT molecular complexity index is 594. The van der Waals surface area contributed by atoms with Gasteiger partial charge in [-0.2, -0.15) is 5.10 Å². The average Bonchev–Trinajstić information content (AvgIpc) is 2.84. The number of rotatable bonds is 5. The van der Waals surface area contributed by atoms with E-state index in [9.17, 15) is 4.79 Å². The van der Waals surface area contributed by atoms with Gasteiger partial charge in [-0.05, 0) is 31.5 Å². The number of aromatic nitrogens is 2. The summed E-state index contributed by atoms with van der Waals surface area (Å²) in [6.45, 7) is 4.35. The SMILES string of the molecule is Cc1ccn([C@H](C)CC(=O)NCc2ccccc2Cl)n1. The largest absolute Gasteiger partial charge is 0.352 e. The number of amides is 1. The third-order valence-electron chi connectivity index (χ3n) is 3.11. The minimum absolute atomic E-state index is 0.00873. The van der Waals surface area contributed by atoms with Crippen LogP contribution in [0.1, 0.15) is 30.6 Å². The Balaban J connectivity index is 1.85. The predicted octanol–water partition coefficient (Wildman–Crippen LogP) is 3.11. The second-order valence-electron chi connectivity index (χ2n) is 4.86. The summed E-state index contributed by atoms with van der Waals surface area (Å²) in [6, 6.07) is 9.47. The van der Waals surface area contributed by atoms with E-state index in [4.69, 9.17) is 11.6 Å². The molecule has 0 bridgehead atoms. The minimum Gasteiger partial charge on any atom is -0.352 e. The lowest BCUT2D eigenvalue weighted by atomic mass is 10.2. The Morgan fingerprint density at radius 2 is 2.15 bits per heavy atom. The Kier molecular flexibility index (Phi) is 4.79. The first-order chi connectivity index (χ1) is 9.56. The standard InChI is InChI=1S/C15H18ClN3O/c1-11-7-8-19(18-11)12(2)9-15(20)17-10-13-5-3-4-6-14(13)16/h3-8,12H,9-10H2,1-2H3,(H,17,20)/t12-/m1/s1. The number of nitrogens with one attached hydrogen (secondary N) is 1. The number of nitrogens with zero attached hydrogens (tertiary/aromatic N) is 2. The second-order valence-corrected chi connectivity index (χ2v) is 5.27. The van der Waals surface area contributed by atoms with Crippen molar-refractivity contribution >= 4 is 17.5 Å². The van der Waals surface area contributed by atoms with Gasteiger partial charge in [0.25, 0.3) is 0 Å². The van der Waals surface area contributed by atoms with Crippen molar-refractivity contribution in [1.29, 1.82) is 0 Å². The van der Waals surface area contributed by atoms with Crippen LogP contribution in [0.3, 0.4) is 0 Å². The van der Waals surface area contributed by atoms with E-state index >= 15 is 0 Å². The lowest BCUT2D eigenvalue weighted by molar-refractivity contribution is -0.122. The zero-order valence-electron chi connectivity index (χ0n) is 11.6. The maximum Gasteiger partial charge on any atom is 0.222 e. The van der Waals surface area contributed by atoms with Crippen LogP contribution in [0.25, 0.3) is 0 Å². The van der Waals surface area contributed by atoms with Crippen LogP contribution in [0.5, 0.6) is 0 Å². The summed E-state index contributed by atoms with van der Waals surface area (Å²) in [7, 11) is 0. The van der Waals surface area contributed by atoms with Crippen LogP contribution in [-0.2, 0) is 11.3 Å². The number of halogens is 1. The molecule has 1 N–H and O–H groups in total. The lowest BCUT2D eigenvalue weighted by Gasteiger charge is -2.12. The smallest absolute Gasteiger partial charge is 0.222 e. The van der Waals surface area contributed by atoms with E-state index in [0.717, 1.165) is 11.3 Å². The third kappa shape index (κ3) is 3.84. The second kappa shape index (κ2) is 6.57. The molecule has 0 aliphatic heterocycles. The summed E-state index contributed by atoms with van der Waals surface area (Å²) in [5, 5.41) is 7.86. The molecule has 0 saturated heterocycles. The zero-order valence-corrected chi connectivity index (χ0v) is 12.4. The Labute approximate surface area is 123 Å². The highest BCUT2D eigenvalue weighted by Gasteiger charge is 2.11. The number of aryl methyl sites for hydroxylation is 1. The van der Waals surface area contributed by atoms with Crippen LogP contribution in [-0.4, -0.2) is 15.7 Å². The summed E-state index contributed by atoms with van der Waals surface area (Å²) in [5.41, 5.74) is 1.87. The molecule has 2 aromatic rings.